The van der Waals surface area contributed by atoms with Gasteiger partial charge in [0, 0.05) is 6.04 Å². The lowest BCUT2D eigenvalue weighted by Gasteiger charge is -2.13. The van der Waals surface area contributed by atoms with Gasteiger partial charge in [-0.3, -0.25) is 0 Å². The van der Waals surface area contributed by atoms with Gasteiger partial charge in [0.05, 0.1) is 6.61 Å². The lowest BCUT2D eigenvalue weighted by atomic mass is 9.98. The van der Waals surface area contributed by atoms with E-state index in [0.29, 0.717) is 6.61 Å². The van der Waals surface area contributed by atoms with Crippen LogP contribution in [0.4, 0.5) is 0 Å². The Hall–Kier alpha value is -1.80. The highest BCUT2D eigenvalue weighted by molar-refractivity contribution is 5.31. The molecule has 0 aliphatic rings. The van der Waals surface area contributed by atoms with E-state index in [4.69, 9.17) is 10.5 Å². The maximum atomic E-state index is 6.28. The van der Waals surface area contributed by atoms with E-state index >= 15 is 0 Å². The van der Waals surface area contributed by atoms with E-state index < -0.39 is 0 Å². The Bertz CT molecular complexity index is 516. The zero-order valence-corrected chi connectivity index (χ0v) is 12.3. The molecule has 2 N–H and O–H groups in total. The third kappa shape index (κ3) is 3.84. The molecular weight excluding hydrogens is 246 g/mol. The quantitative estimate of drug-likeness (QED) is 0.863. The van der Waals surface area contributed by atoms with Crippen LogP contribution in [0.3, 0.4) is 0 Å². The van der Waals surface area contributed by atoms with E-state index in [1.54, 1.807) is 0 Å². The minimum atomic E-state index is 0.0261. The molecule has 2 heteroatoms. The SMILES string of the molecule is CCOc1ccc(C(N)Cc2ccc(CC)cc2)cc1. The second-order valence-corrected chi connectivity index (χ2v) is 4.98. The van der Waals surface area contributed by atoms with Crippen LogP contribution in [-0.4, -0.2) is 6.61 Å². The van der Waals surface area contributed by atoms with Crippen LogP contribution in [-0.2, 0) is 12.8 Å². The summed E-state index contributed by atoms with van der Waals surface area (Å²) < 4.78 is 5.44. The van der Waals surface area contributed by atoms with E-state index in [1.165, 1.54) is 11.1 Å². The fourth-order valence-corrected chi connectivity index (χ4v) is 2.26. The Balaban J connectivity index is 2.01. The summed E-state index contributed by atoms with van der Waals surface area (Å²) in [5.74, 6) is 0.899. The Morgan fingerprint density at radius 3 is 2.05 bits per heavy atom. The second-order valence-electron chi connectivity index (χ2n) is 4.98. The van der Waals surface area contributed by atoms with Crippen LogP contribution in [0.1, 0.15) is 36.6 Å². The number of benzene rings is 2. The van der Waals surface area contributed by atoms with Crippen molar-refractivity contribution in [3.8, 4) is 5.75 Å². The van der Waals surface area contributed by atoms with Gasteiger partial charge in [0.25, 0.3) is 0 Å². The molecule has 2 nitrogen and oxygen atoms in total. The first-order valence-corrected chi connectivity index (χ1v) is 7.29. The van der Waals surface area contributed by atoms with Crippen molar-refractivity contribution >= 4 is 0 Å². The fraction of sp³-hybridized carbons (Fsp3) is 0.333. The predicted molar refractivity (Wildman–Crippen MR) is 84.1 cm³/mol. The molecule has 2 rings (SSSR count). The van der Waals surface area contributed by atoms with E-state index in [-0.39, 0.29) is 6.04 Å². The number of ether oxygens (including phenoxy) is 1. The van der Waals surface area contributed by atoms with Crippen LogP contribution in [0, 0.1) is 0 Å². The maximum Gasteiger partial charge on any atom is 0.119 e. The topological polar surface area (TPSA) is 35.2 Å². The molecular formula is C18H23NO. The lowest BCUT2D eigenvalue weighted by Crippen LogP contribution is -2.13. The summed E-state index contributed by atoms with van der Waals surface area (Å²) in [6.45, 7) is 4.84. The van der Waals surface area contributed by atoms with Gasteiger partial charge in [-0.2, -0.15) is 0 Å². The van der Waals surface area contributed by atoms with Gasteiger partial charge in [-0.1, -0.05) is 43.3 Å². The van der Waals surface area contributed by atoms with Crippen LogP contribution < -0.4 is 10.5 Å². The molecule has 0 spiro atoms. The molecule has 0 aliphatic carbocycles. The Labute approximate surface area is 121 Å². The molecule has 20 heavy (non-hydrogen) atoms. The Morgan fingerprint density at radius 1 is 0.900 bits per heavy atom. The monoisotopic (exact) mass is 269 g/mol. The summed E-state index contributed by atoms with van der Waals surface area (Å²) in [6.07, 6.45) is 1.93. The van der Waals surface area contributed by atoms with E-state index in [1.807, 2.05) is 19.1 Å². The molecule has 0 bridgehead atoms. The van der Waals surface area contributed by atoms with Gasteiger partial charge in [-0.05, 0) is 48.6 Å². The van der Waals surface area contributed by atoms with Gasteiger partial charge in [0.15, 0.2) is 0 Å². The molecule has 0 fully saturated rings. The molecule has 1 atom stereocenters. The highest BCUT2D eigenvalue weighted by atomic mass is 16.5. The molecule has 1 unspecified atom stereocenters. The molecule has 0 saturated carbocycles. The summed E-state index contributed by atoms with van der Waals surface area (Å²) in [5.41, 5.74) is 10.1. The number of hydrogen-bond acceptors (Lipinski definition) is 2. The molecule has 0 radical (unpaired) electrons. The van der Waals surface area contributed by atoms with Gasteiger partial charge in [0.1, 0.15) is 5.75 Å². The van der Waals surface area contributed by atoms with Crippen molar-refractivity contribution in [1.29, 1.82) is 0 Å². The molecule has 0 aliphatic heterocycles. The molecule has 106 valence electrons. The molecule has 0 heterocycles. The first-order chi connectivity index (χ1) is 9.72. The largest absolute Gasteiger partial charge is 0.494 e. The highest BCUT2D eigenvalue weighted by Gasteiger charge is 2.07. The van der Waals surface area contributed by atoms with Gasteiger partial charge in [0.2, 0.25) is 0 Å². The van der Waals surface area contributed by atoms with Crippen molar-refractivity contribution in [2.45, 2.75) is 32.7 Å². The molecule has 0 saturated heterocycles. The molecule has 2 aromatic carbocycles. The summed E-state index contributed by atoms with van der Waals surface area (Å²) in [6, 6.07) is 16.8. The highest BCUT2D eigenvalue weighted by Crippen LogP contribution is 2.20. The van der Waals surface area contributed by atoms with E-state index in [0.717, 1.165) is 24.2 Å². The number of nitrogens with two attached hydrogens (primary N) is 1. The second kappa shape index (κ2) is 7.11. The van der Waals surface area contributed by atoms with Crippen LogP contribution in [0.15, 0.2) is 48.5 Å². The van der Waals surface area contributed by atoms with Crippen LogP contribution in [0.25, 0.3) is 0 Å². The van der Waals surface area contributed by atoms with Crippen molar-refractivity contribution in [2.75, 3.05) is 6.61 Å². The average Bonchev–Trinajstić information content (AvgIpc) is 2.49. The zero-order valence-electron chi connectivity index (χ0n) is 12.3. The molecule has 0 aromatic heterocycles. The first kappa shape index (κ1) is 14.6. The van der Waals surface area contributed by atoms with Gasteiger partial charge in [-0.25, -0.2) is 0 Å². The standard InChI is InChI=1S/C18H23NO/c1-3-14-5-7-15(8-6-14)13-18(19)16-9-11-17(12-10-16)20-4-2/h5-12,18H,3-4,13,19H2,1-2H3. The van der Waals surface area contributed by atoms with Crippen LogP contribution in [0.5, 0.6) is 5.75 Å². The van der Waals surface area contributed by atoms with Crippen molar-refractivity contribution in [1.82, 2.24) is 0 Å². The van der Waals surface area contributed by atoms with Gasteiger partial charge in [-0.15, -0.1) is 0 Å². The number of rotatable bonds is 6. The summed E-state index contributed by atoms with van der Waals surface area (Å²) in [7, 11) is 0. The zero-order chi connectivity index (χ0) is 14.4. The lowest BCUT2D eigenvalue weighted by molar-refractivity contribution is 0.340. The normalized spacial score (nSPS) is 12.2. The molecule has 2 aromatic rings. The predicted octanol–water partition coefficient (Wildman–Crippen LogP) is 3.89. The number of aryl methyl sites for hydroxylation is 1. The Kier molecular flexibility index (Phi) is 5.19. The van der Waals surface area contributed by atoms with Gasteiger partial charge >= 0.3 is 0 Å². The number of hydrogen-bond donors (Lipinski definition) is 1. The smallest absolute Gasteiger partial charge is 0.119 e. The average molecular weight is 269 g/mol. The fourth-order valence-electron chi connectivity index (χ4n) is 2.26. The van der Waals surface area contributed by atoms with Crippen molar-refractivity contribution < 1.29 is 4.74 Å². The van der Waals surface area contributed by atoms with E-state index in [2.05, 4.69) is 43.3 Å². The van der Waals surface area contributed by atoms with Crippen molar-refractivity contribution in [3.05, 3.63) is 65.2 Å². The van der Waals surface area contributed by atoms with Gasteiger partial charge < -0.3 is 10.5 Å². The summed E-state index contributed by atoms with van der Waals surface area (Å²) >= 11 is 0. The van der Waals surface area contributed by atoms with Crippen LogP contribution >= 0.6 is 0 Å². The first-order valence-electron chi connectivity index (χ1n) is 7.29. The third-order valence-electron chi connectivity index (χ3n) is 3.51. The minimum absolute atomic E-state index is 0.0261. The van der Waals surface area contributed by atoms with E-state index in [9.17, 15) is 0 Å². The van der Waals surface area contributed by atoms with Crippen molar-refractivity contribution in [2.24, 2.45) is 5.73 Å². The summed E-state index contributed by atoms with van der Waals surface area (Å²) in [4.78, 5) is 0. The Morgan fingerprint density at radius 2 is 1.50 bits per heavy atom. The van der Waals surface area contributed by atoms with Crippen molar-refractivity contribution in [3.63, 3.8) is 0 Å². The molecule has 0 amide bonds. The minimum Gasteiger partial charge on any atom is -0.494 e. The van der Waals surface area contributed by atoms with Crippen LogP contribution in [0.2, 0.25) is 0 Å². The summed E-state index contributed by atoms with van der Waals surface area (Å²) in [5, 5.41) is 0. The third-order valence-corrected chi connectivity index (χ3v) is 3.51. The maximum absolute atomic E-state index is 6.28.